The van der Waals surface area contributed by atoms with Gasteiger partial charge in [0.2, 0.25) is 0 Å². The molecule has 118 valence electrons. The molecule has 0 atom stereocenters. The third-order valence-electron chi connectivity index (χ3n) is 3.99. The number of hydrogen-bond acceptors (Lipinski definition) is 6. The maximum absolute atomic E-state index is 12.3. The van der Waals surface area contributed by atoms with Gasteiger partial charge in [0, 0.05) is 27.9 Å². The highest BCUT2D eigenvalue weighted by molar-refractivity contribution is 7.15. The summed E-state index contributed by atoms with van der Waals surface area (Å²) in [5.74, 6) is -0.322. The minimum Gasteiger partial charge on any atom is -0.456 e. The van der Waals surface area contributed by atoms with Crippen molar-refractivity contribution in [2.45, 2.75) is 32.3 Å². The number of nitrogens with zero attached hydrogens (tertiary/aromatic N) is 2. The minimum absolute atomic E-state index is 0.0209. The Morgan fingerprint density at radius 3 is 3.09 bits per heavy atom. The molecule has 0 saturated carbocycles. The van der Waals surface area contributed by atoms with E-state index in [1.165, 1.54) is 33.1 Å². The number of aromatic nitrogens is 2. The van der Waals surface area contributed by atoms with Crippen molar-refractivity contribution >= 4 is 33.6 Å². The van der Waals surface area contributed by atoms with Gasteiger partial charge in [-0.2, -0.15) is 0 Å². The van der Waals surface area contributed by atoms with Crippen LogP contribution in [-0.2, 0) is 24.2 Å². The highest BCUT2D eigenvalue weighted by atomic mass is 32.1. The van der Waals surface area contributed by atoms with E-state index in [0.717, 1.165) is 24.8 Å². The minimum atomic E-state index is -0.322. The Labute approximate surface area is 140 Å². The van der Waals surface area contributed by atoms with Crippen LogP contribution in [0.4, 0.5) is 0 Å². The van der Waals surface area contributed by atoms with E-state index < -0.39 is 0 Å². The zero-order chi connectivity index (χ0) is 15.8. The quantitative estimate of drug-likeness (QED) is 0.684. The van der Waals surface area contributed by atoms with Crippen molar-refractivity contribution < 1.29 is 9.53 Å². The predicted octanol–water partition coefficient (Wildman–Crippen LogP) is 3.05. The smallest absolute Gasteiger partial charge is 0.339 e. The van der Waals surface area contributed by atoms with Crippen LogP contribution in [0.1, 0.15) is 39.3 Å². The van der Waals surface area contributed by atoms with Gasteiger partial charge in [-0.25, -0.2) is 9.78 Å². The number of ether oxygens (including phenoxy) is 1. The van der Waals surface area contributed by atoms with Crippen molar-refractivity contribution in [1.29, 1.82) is 0 Å². The Bertz CT molecular complexity index is 938. The van der Waals surface area contributed by atoms with Crippen LogP contribution in [-0.4, -0.2) is 15.4 Å². The van der Waals surface area contributed by atoms with Gasteiger partial charge in [0.15, 0.2) is 4.96 Å². The molecule has 3 aromatic rings. The third kappa shape index (κ3) is 2.70. The summed E-state index contributed by atoms with van der Waals surface area (Å²) in [4.78, 5) is 30.5. The van der Waals surface area contributed by atoms with E-state index in [-0.39, 0.29) is 18.1 Å². The molecule has 0 aliphatic heterocycles. The molecule has 0 spiro atoms. The van der Waals surface area contributed by atoms with E-state index in [9.17, 15) is 9.59 Å². The molecule has 0 bridgehead atoms. The van der Waals surface area contributed by atoms with Crippen molar-refractivity contribution in [3.05, 3.63) is 55.1 Å². The van der Waals surface area contributed by atoms with E-state index in [1.807, 2.05) is 5.38 Å². The standard InChI is InChI=1S/C16H14N2O3S2/c19-14-7-10(17-16-18(14)5-6-22-16)8-21-15(20)12-9-23-13-4-2-1-3-11(12)13/h5-7,9H,1-4,8H2. The number of aryl methyl sites for hydroxylation is 1. The lowest BCUT2D eigenvalue weighted by Crippen LogP contribution is -2.15. The zero-order valence-corrected chi connectivity index (χ0v) is 13.9. The first kappa shape index (κ1) is 14.6. The summed E-state index contributed by atoms with van der Waals surface area (Å²) in [6.07, 6.45) is 6.00. The number of esters is 1. The van der Waals surface area contributed by atoms with E-state index in [0.29, 0.717) is 16.2 Å². The molecule has 0 N–H and O–H groups in total. The summed E-state index contributed by atoms with van der Waals surface area (Å²) in [5, 5.41) is 3.69. The van der Waals surface area contributed by atoms with Gasteiger partial charge in [0.1, 0.15) is 6.61 Å². The average molecular weight is 346 g/mol. The molecule has 4 rings (SSSR count). The number of fused-ring (bicyclic) bond motifs is 2. The summed E-state index contributed by atoms with van der Waals surface area (Å²) >= 11 is 3.02. The number of carbonyl (C=O) groups is 1. The van der Waals surface area contributed by atoms with Crippen LogP contribution in [0.3, 0.4) is 0 Å². The summed E-state index contributed by atoms with van der Waals surface area (Å²) in [6.45, 7) is 0.0209. The number of thiazole rings is 1. The lowest BCUT2D eigenvalue weighted by Gasteiger charge is -2.12. The molecule has 0 radical (unpaired) electrons. The molecule has 1 aliphatic rings. The van der Waals surface area contributed by atoms with Crippen molar-refractivity contribution in [3.8, 4) is 0 Å². The highest BCUT2D eigenvalue weighted by Gasteiger charge is 2.21. The first-order valence-corrected chi connectivity index (χ1v) is 9.20. The average Bonchev–Trinajstić information content (AvgIpc) is 3.19. The number of carbonyl (C=O) groups excluding carboxylic acids is 1. The maximum atomic E-state index is 12.3. The van der Waals surface area contributed by atoms with Gasteiger partial charge in [0.25, 0.3) is 5.56 Å². The second-order valence-electron chi connectivity index (χ2n) is 5.48. The van der Waals surface area contributed by atoms with E-state index >= 15 is 0 Å². The Balaban J connectivity index is 1.52. The molecule has 3 aromatic heterocycles. The molecule has 23 heavy (non-hydrogen) atoms. The molecule has 5 nitrogen and oxygen atoms in total. The molecule has 3 heterocycles. The van der Waals surface area contributed by atoms with Crippen LogP contribution in [0.15, 0.2) is 27.8 Å². The first-order chi connectivity index (χ1) is 11.2. The van der Waals surface area contributed by atoms with Crippen LogP contribution in [0, 0.1) is 0 Å². The van der Waals surface area contributed by atoms with Gasteiger partial charge in [-0.05, 0) is 31.2 Å². The lowest BCUT2D eigenvalue weighted by atomic mass is 9.96. The normalized spacial score (nSPS) is 13.9. The van der Waals surface area contributed by atoms with Gasteiger partial charge in [-0.15, -0.1) is 22.7 Å². The lowest BCUT2D eigenvalue weighted by molar-refractivity contribution is 0.0467. The van der Waals surface area contributed by atoms with Crippen LogP contribution in [0.5, 0.6) is 0 Å². The Morgan fingerprint density at radius 1 is 1.30 bits per heavy atom. The van der Waals surface area contributed by atoms with Crippen LogP contribution < -0.4 is 5.56 Å². The topological polar surface area (TPSA) is 60.7 Å². The largest absolute Gasteiger partial charge is 0.456 e. The third-order valence-corrected chi connectivity index (χ3v) is 5.83. The molecule has 1 aliphatic carbocycles. The van der Waals surface area contributed by atoms with E-state index in [2.05, 4.69) is 4.98 Å². The van der Waals surface area contributed by atoms with Gasteiger partial charge in [0.05, 0.1) is 11.3 Å². The fourth-order valence-electron chi connectivity index (χ4n) is 2.84. The zero-order valence-electron chi connectivity index (χ0n) is 12.3. The van der Waals surface area contributed by atoms with E-state index in [4.69, 9.17) is 4.74 Å². The number of rotatable bonds is 3. The summed E-state index contributed by atoms with van der Waals surface area (Å²) in [5.41, 5.74) is 2.15. The summed E-state index contributed by atoms with van der Waals surface area (Å²) in [6, 6.07) is 1.41. The van der Waals surface area contributed by atoms with Gasteiger partial charge >= 0.3 is 5.97 Å². The Kier molecular flexibility index (Phi) is 3.74. The first-order valence-electron chi connectivity index (χ1n) is 7.44. The molecule has 0 saturated heterocycles. The molecule has 0 amide bonds. The fraction of sp³-hybridized carbons (Fsp3) is 0.312. The molecular weight excluding hydrogens is 332 g/mol. The summed E-state index contributed by atoms with van der Waals surface area (Å²) in [7, 11) is 0. The molecule has 7 heteroatoms. The Morgan fingerprint density at radius 2 is 2.17 bits per heavy atom. The highest BCUT2D eigenvalue weighted by Crippen LogP contribution is 2.30. The number of hydrogen-bond donors (Lipinski definition) is 0. The van der Waals surface area contributed by atoms with Crippen LogP contribution >= 0.6 is 22.7 Å². The van der Waals surface area contributed by atoms with Crippen molar-refractivity contribution in [1.82, 2.24) is 9.38 Å². The van der Waals surface area contributed by atoms with Crippen molar-refractivity contribution in [3.63, 3.8) is 0 Å². The molecule has 0 unspecified atom stereocenters. The molecular formula is C16H14N2O3S2. The Hall–Kier alpha value is -1.99. The SMILES string of the molecule is O=C(OCc1cc(=O)n2ccsc2n1)c1csc2c1CCCC2. The fourth-order valence-corrected chi connectivity index (χ4v) is 4.70. The monoisotopic (exact) mass is 346 g/mol. The van der Waals surface area contributed by atoms with Gasteiger partial charge in [-0.1, -0.05) is 0 Å². The second-order valence-corrected chi connectivity index (χ2v) is 7.31. The molecule has 0 fully saturated rings. The van der Waals surface area contributed by atoms with Crippen molar-refractivity contribution in [2.75, 3.05) is 0 Å². The second kappa shape index (κ2) is 5.90. The van der Waals surface area contributed by atoms with E-state index in [1.54, 1.807) is 22.9 Å². The summed E-state index contributed by atoms with van der Waals surface area (Å²) < 4.78 is 6.86. The van der Waals surface area contributed by atoms with Gasteiger partial charge < -0.3 is 4.74 Å². The van der Waals surface area contributed by atoms with Crippen LogP contribution in [0.2, 0.25) is 0 Å². The van der Waals surface area contributed by atoms with Gasteiger partial charge in [-0.3, -0.25) is 9.20 Å². The predicted molar refractivity (Wildman–Crippen MR) is 89.4 cm³/mol. The van der Waals surface area contributed by atoms with Crippen LogP contribution in [0.25, 0.3) is 4.96 Å². The van der Waals surface area contributed by atoms with Crippen molar-refractivity contribution in [2.24, 2.45) is 0 Å². The maximum Gasteiger partial charge on any atom is 0.339 e. The molecule has 0 aromatic carbocycles. The number of thiophene rings is 1.